The van der Waals surface area contributed by atoms with Gasteiger partial charge in [-0.15, -0.1) is 0 Å². The SMILES string of the molecule is CCc1cc(F)ccc1/C=N/NC(=O)Nc1c(C)cccc1C. The van der Waals surface area contributed by atoms with Crippen LogP contribution >= 0.6 is 0 Å². The predicted molar refractivity (Wildman–Crippen MR) is 91.4 cm³/mol. The second-order valence-corrected chi connectivity index (χ2v) is 5.29. The maximum atomic E-state index is 13.2. The zero-order valence-corrected chi connectivity index (χ0v) is 13.5. The van der Waals surface area contributed by atoms with E-state index in [2.05, 4.69) is 15.8 Å². The minimum Gasteiger partial charge on any atom is -0.306 e. The molecule has 2 aromatic rings. The summed E-state index contributed by atoms with van der Waals surface area (Å²) in [5.74, 6) is -0.278. The highest BCUT2D eigenvalue weighted by molar-refractivity contribution is 5.92. The second kappa shape index (κ2) is 7.54. The average Bonchev–Trinajstić information content (AvgIpc) is 2.52. The smallest absolute Gasteiger partial charge is 0.306 e. The number of carbonyl (C=O) groups is 1. The van der Waals surface area contributed by atoms with Crippen molar-refractivity contribution in [2.45, 2.75) is 27.2 Å². The number of benzene rings is 2. The Hall–Kier alpha value is -2.69. The van der Waals surface area contributed by atoms with E-state index in [1.807, 2.05) is 39.0 Å². The molecule has 0 spiro atoms. The summed E-state index contributed by atoms with van der Waals surface area (Å²) >= 11 is 0. The molecule has 0 atom stereocenters. The lowest BCUT2D eigenvalue weighted by Gasteiger charge is -2.10. The first kappa shape index (κ1) is 16.7. The summed E-state index contributed by atoms with van der Waals surface area (Å²) in [6.45, 7) is 5.79. The van der Waals surface area contributed by atoms with E-state index in [0.717, 1.165) is 27.9 Å². The zero-order chi connectivity index (χ0) is 16.8. The third kappa shape index (κ3) is 4.39. The van der Waals surface area contributed by atoms with Crippen LogP contribution in [0, 0.1) is 19.7 Å². The maximum Gasteiger partial charge on any atom is 0.339 e. The van der Waals surface area contributed by atoms with Crippen LogP contribution < -0.4 is 10.7 Å². The summed E-state index contributed by atoms with van der Waals surface area (Å²) in [4.78, 5) is 11.9. The van der Waals surface area contributed by atoms with Crippen molar-refractivity contribution >= 4 is 17.9 Å². The van der Waals surface area contributed by atoms with Crippen LogP contribution in [0.5, 0.6) is 0 Å². The number of rotatable bonds is 4. The number of nitrogens with zero attached hydrogens (tertiary/aromatic N) is 1. The highest BCUT2D eigenvalue weighted by Crippen LogP contribution is 2.19. The molecule has 2 N–H and O–H groups in total. The van der Waals surface area contributed by atoms with Crippen LogP contribution in [-0.4, -0.2) is 12.2 Å². The van der Waals surface area contributed by atoms with Gasteiger partial charge in [0.15, 0.2) is 0 Å². The third-order valence-corrected chi connectivity index (χ3v) is 3.58. The first-order chi connectivity index (χ1) is 11.0. The summed E-state index contributed by atoms with van der Waals surface area (Å²) in [5.41, 5.74) is 6.78. The Kier molecular flexibility index (Phi) is 5.46. The van der Waals surface area contributed by atoms with Crippen LogP contribution in [0.3, 0.4) is 0 Å². The first-order valence-corrected chi connectivity index (χ1v) is 7.46. The molecule has 0 aliphatic carbocycles. The molecule has 5 heteroatoms. The van der Waals surface area contributed by atoms with Crippen LogP contribution in [0.2, 0.25) is 0 Å². The van der Waals surface area contributed by atoms with Gasteiger partial charge in [-0.2, -0.15) is 5.10 Å². The van der Waals surface area contributed by atoms with Crippen molar-refractivity contribution in [3.63, 3.8) is 0 Å². The number of para-hydroxylation sites is 1. The molecule has 0 fully saturated rings. The zero-order valence-electron chi connectivity index (χ0n) is 13.5. The number of hydrogen-bond acceptors (Lipinski definition) is 2. The number of hydrazone groups is 1. The molecule has 0 aliphatic heterocycles. The standard InChI is InChI=1S/C18H20FN3O/c1-4-14-10-16(19)9-8-15(14)11-20-22-18(23)21-17-12(2)6-5-7-13(17)3/h5-11H,4H2,1-3H3,(H2,21,22,23)/b20-11+. The molecule has 0 radical (unpaired) electrons. The summed E-state index contributed by atoms with van der Waals surface area (Å²) in [6.07, 6.45) is 2.20. The topological polar surface area (TPSA) is 53.5 Å². The quantitative estimate of drug-likeness (QED) is 0.646. The Bertz CT molecular complexity index is 721. The Morgan fingerprint density at radius 2 is 1.91 bits per heavy atom. The normalized spacial score (nSPS) is 10.8. The Labute approximate surface area is 135 Å². The Balaban J connectivity index is 2.02. The molecule has 0 aliphatic rings. The number of nitrogens with one attached hydrogen (secondary N) is 2. The van der Waals surface area contributed by atoms with Crippen molar-refractivity contribution in [2.75, 3.05) is 5.32 Å². The van der Waals surface area contributed by atoms with Gasteiger partial charge in [-0.1, -0.05) is 31.2 Å². The minimum atomic E-state index is -0.418. The van der Waals surface area contributed by atoms with Crippen molar-refractivity contribution in [1.29, 1.82) is 0 Å². The fourth-order valence-electron chi connectivity index (χ4n) is 2.32. The van der Waals surface area contributed by atoms with E-state index in [0.29, 0.717) is 6.42 Å². The fourth-order valence-corrected chi connectivity index (χ4v) is 2.32. The molecular weight excluding hydrogens is 293 g/mol. The van der Waals surface area contributed by atoms with Crippen LogP contribution in [0.25, 0.3) is 0 Å². The van der Waals surface area contributed by atoms with Gasteiger partial charge in [-0.3, -0.25) is 0 Å². The van der Waals surface area contributed by atoms with E-state index in [1.54, 1.807) is 6.07 Å². The number of anilines is 1. The molecule has 2 aromatic carbocycles. The van der Waals surface area contributed by atoms with Crippen molar-refractivity contribution in [1.82, 2.24) is 5.43 Å². The first-order valence-electron chi connectivity index (χ1n) is 7.46. The van der Waals surface area contributed by atoms with Crippen LogP contribution in [-0.2, 0) is 6.42 Å². The molecule has 0 heterocycles. The number of urea groups is 1. The monoisotopic (exact) mass is 313 g/mol. The van der Waals surface area contributed by atoms with Crippen molar-refractivity contribution in [3.8, 4) is 0 Å². The highest BCUT2D eigenvalue weighted by Gasteiger charge is 2.06. The largest absolute Gasteiger partial charge is 0.339 e. The van der Waals surface area contributed by atoms with E-state index >= 15 is 0 Å². The van der Waals surface area contributed by atoms with E-state index in [9.17, 15) is 9.18 Å². The molecule has 120 valence electrons. The van der Waals surface area contributed by atoms with E-state index in [1.165, 1.54) is 18.3 Å². The van der Waals surface area contributed by atoms with Crippen molar-refractivity contribution in [3.05, 3.63) is 64.5 Å². The molecule has 0 unspecified atom stereocenters. The molecule has 0 saturated heterocycles. The number of hydrogen-bond donors (Lipinski definition) is 2. The van der Waals surface area contributed by atoms with Crippen LogP contribution in [0.4, 0.5) is 14.9 Å². The fraction of sp³-hybridized carbons (Fsp3) is 0.222. The van der Waals surface area contributed by atoms with Gasteiger partial charge < -0.3 is 5.32 Å². The van der Waals surface area contributed by atoms with Gasteiger partial charge in [-0.05, 0) is 54.7 Å². The molecule has 4 nitrogen and oxygen atoms in total. The van der Waals surface area contributed by atoms with Gasteiger partial charge in [0, 0.05) is 5.69 Å². The summed E-state index contributed by atoms with van der Waals surface area (Å²) in [5, 5.41) is 6.70. The lowest BCUT2D eigenvalue weighted by molar-refractivity contribution is 0.252. The van der Waals surface area contributed by atoms with Crippen molar-refractivity contribution in [2.24, 2.45) is 5.10 Å². The number of amides is 2. The van der Waals surface area contributed by atoms with Gasteiger partial charge in [0.1, 0.15) is 5.82 Å². The predicted octanol–water partition coefficient (Wildman–Crippen LogP) is 4.16. The van der Waals surface area contributed by atoms with Crippen LogP contribution in [0.1, 0.15) is 29.2 Å². The highest BCUT2D eigenvalue weighted by atomic mass is 19.1. The van der Waals surface area contributed by atoms with Crippen LogP contribution in [0.15, 0.2) is 41.5 Å². The van der Waals surface area contributed by atoms with E-state index in [4.69, 9.17) is 0 Å². The molecule has 2 rings (SSSR count). The molecule has 0 aromatic heterocycles. The number of halogens is 1. The number of carbonyl (C=O) groups excluding carboxylic acids is 1. The van der Waals surface area contributed by atoms with Gasteiger partial charge in [0.25, 0.3) is 0 Å². The molecular formula is C18H20FN3O. The second-order valence-electron chi connectivity index (χ2n) is 5.29. The summed E-state index contributed by atoms with van der Waals surface area (Å²) in [7, 11) is 0. The summed E-state index contributed by atoms with van der Waals surface area (Å²) < 4.78 is 13.2. The van der Waals surface area contributed by atoms with Gasteiger partial charge in [0.2, 0.25) is 0 Å². The van der Waals surface area contributed by atoms with E-state index < -0.39 is 6.03 Å². The van der Waals surface area contributed by atoms with Gasteiger partial charge in [0.05, 0.1) is 6.21 Å². The van der Waals surface area contributed by atoms with Gasteiger partial charge >= 0.3 is 6.03 Å². The van der Waals surface area contributed by atoms with Gasteiger partial charge in [-0.25, -0.2) is 14.6 Å². The summed E-state index contributed by atoms with van der Waals surface area (Å²) in [6, 6.07) is 9.86. The third-order valence-electron chi connectivity index (χ3n) is 3.58. The molecule has 0 bridgehead atoms. The Morgan fingerprint density at radius 1 is 1.22 bits per heavy atom. The Morgan fingerprint density at radius 3 is 2.57 bits per heavy atom. The van der Waals surface area contributed by atoms with Crippen molar-refractivity contribution < 1.29 is 9.18 Å². The minimum absolute atomic E-state index is 0.278. The number of aryl methyl sites for hydroxylation is 3. The lowest BCUT2D eigenvalue weighted by atomic mass is 10.1. The molecule has 23 heavy (non-hydrogen) atoms. The average molecular weight is 313 g/mol. The molecule has 0 saturated carbocycles. The van der Waals surface area contributed by atoms with E-state index in [-0.39, 0.29) is 5.82 Å². The lowest BCUT2D eigenvalue weighted by Crippen LogP contribution is -2.25. The molecule has 2 amide bonds. The maximum absolute atomic E-state index is 13.2.